The van der Waals surface area contributed by atoms with Crippen LogP contribution in [0.5, 0.6) is 0 Å². The monoisotopic (exact) mass is 393 g/mol. The molecule has 0 aliphatic carbocycles. The molecule has 0 amide bonds. The largest absolute Gasteiger partial charge is 0.383 e. The lowest BCUT2D eigenvalue weighted by atomic mass is 9.98. The second-order valence-electron chi connectivity index (χ2n) is 7.12. The standard InChI is InChI=1S/C18H27N5O5/c1-13-4-6-21(7-5-13)15-12-14(22(8-10-26-2)9-11-27-3)16-17(20-28-19-16)18(15)23(24)25/h12-13H,4-11H2,1-3H3. The average molecular weight is 393 g/mol. The maximum atomic E-state index is 11.9. The minimum atomic E-state index is -0.391. The number of fused-ring (bicyclic) bond motifs is 1. The first-order chi connectivity index (χ1) is 13.6. The third-order valence-electron chi connectivity index (χ3n) is 5.25. The number of hydrogen-bond acceptors (Lipinski definition) is 9. The molecular weight excluding hydrogens is 366 g/mol. The van der Waals surface area contributed by atoms with Gasteiger partial charge in [0.25, 0.3) is 0 Å². The molecule has 1 aromatic carbocycles. The van der Waals surface area contributed by atoms with E-state index in [1.165, 1.54) is 0 Å². The minimum absolute atomic E-state index is 0.0482. The molecule has 1 aliphatic rings. The van der Waals surface area contributed by atoms with Crippen LogP contribution >= 0.6 is 0 Å². The first-order valence-electron chi connectivity index (χ1n) is 9.48. The van der Waals surface area contributed by atoms with Gasteiger partial charge in [-0.2, -0.15) is 0 Å². The molecule has 10 heteroatoms. The number of benzene rings is 1. The Hall–Kier alpha value is -2.46. The molecule has 0 atom stereocenters. The van der Waals surface area contributed by atoms with Gasteiger partial charge in [-0.15, -0.1) is 0 Å². The summed E-state index contributed by atoms with van der Waals surface area (Å²) in [5.74, 6) is 0.618. The maximum Gasteiger partial charge on any atom is 0.323 e. The number of piperidine rings is 1. The second-order valence-corrected chi connectivity index (χ2v) is 7.12. The summed E-state index contributed by atoms with van der Waals surface area (Å²) in [5, 5.41) is 19.7. The van der Waals surface area contributed by atoms with Crippen LogP contribution in [0.25, 0.3) is 11.0 Å². The summed E-state index contributed by atoms with van der Waals surface area (Å²) in [5.41, 5.74) is 1.82. The molecule has 28 heavy (non-hydrogen) atoms. The molecule has 154 valence electrons. The van der Waals surface area contributed by atoms with Crippen molar-refractivity contribution in [1.82, 2.24) is 10.3 Å². The number of nitro benzene ring substituents is 1. The van der Waals surface area contributed by atoms with E-state index in [2.05, 4.69) is 22.1 Å². The van der Waals surface area contributed by atoms with E-state index in [0.717, 1.165) is 31.6 Å². The molecule has 0 radical (unpaired) electrons. The zero-order valence-corrected chi connectivity index (χ0v) is 16.6. The highest BCUT2D eigenvalue weighted by atomic mass is 16.6. The van der Waals surface area contributed by atoms with Crippen LogP contribution in [-0.4, -0.2) is 68.8 Å². The van der Waals surface area contributed by atoms with Gasteiger partial charge in [0.15, 0.2) is 5.52 Å². The Morgan fingerprint density at radius 1 is 1.21 bits per heavy atom. The van der Waals surface area contributed by atoms with E-state index in [4.69, 9.17) is 14.1 Å². The molecule has 0 spiro atoms. The number of nitrogens with zero attached hydrogens (tertiary/aromatic N) is 5. The van der Waals surface area contributed by atoms with Crippen LogP contribution < -0.4 is 9.80 Å². The summed E-state index contributed by atoms with van der Waals surface area (Å²) < 4.78 is 15.4. The molecule has 0 bridgehead atoms. The van der Waals surface area contributed by atoms with E-state index in [1.54, 1.807) is 14.2 Å². The number of methoxy groups -OCH3 is 2. The fraction of sp³-hybridized carbons (Fsp3) is 0.667. The SMILES string of the molecule is COCCN(CCOC)c1cc(N2CCC(C)CC2)c([N+](=O)[O-])c2nonc12. The van der Waals surface area contributed by atoms with E-state index in [1.807, 2.05) is 11.0 Å². The third kappa shape index (κ3) is 4.17. The second kappa shape index (κ2) is 9.16. The zero-order chi connectivity index (χ0) is 20.1. The van der Waals surface area contributed by atoms with Gasteiger partial charge in [-0.1, -0.05) is 6.92 Å². The fourth-order valence-corrected chi connectivity index (χ4v) is 3.57. The highest BCUT2D eigenvalue weighted by Gasteiger charge is 2.31. The highest BCUT2D eigenvalue weighted by Crippen LogP contribution is 2.41. The van der Waals surface area contributed by atoms with Crippen LogP contribution in [0.15, 0.2) is 10.7 Å². The van der Waals surface area contributed by atoms with Gasteiger partial charge in [0, 0.05) is 40.4 Å². The van der Waals surface area contributed by atoms with E-state index >= 15 is 0 Å². The van der Waals surface area contributed by atoms with Gasteiger partial charge < -0.3 is 19.3 Å². The Bertz CT molecular complexity index is 795. The Balaban J connectivity index is 2.10. The number of aromatic nitrogens is 2. The molecule has 0 unspecified atom stereocenters. The van der Waals surface area contributed by atoms with Crippen LogP contribution in [0, 0.1) is 16.0 Å². The van der Waals surface area contributed by atoms with Crippen molar-refractivity contribution >= 4 is 28.1 Å². The van der Waals surface area contributed by atoms with Crippen LogP contribution in [-0.2, 0) is 9.47 Å². The van der Waals surface area contributed by atoms with Gasteiger partial charge in [-0.3, -0.25) is 10.1 Å². The predicted octanol–water partition coefficient (Wildman–Crippen LogP) is 2.47. The lowest BCUT2D eigenvalue weighted by Crippen LogP contribution is -2.34. The van der Waals surface area contributed by atoms with E-state index in [0.29, 0.717) is 43.4 Å². The lowest BCUT2D eigenvalue weighted by molar-refractivity contribution is -0.382. The number of anilines is 2. The molecule has 0 N–H and O–H groups in total. The normalized spacial score (nSPS) is 15.3. The predicted molar refractivity (Wildman–Crippen MR) is 105 cm³/mol. The zero-order valence-electron chi connectivity index (χ0n) is 16.6. The first kappa shape index (κ1) is 20.3. The number of ether oxygens (including phenoxy) is 2. The van der Waals surface area contributed by atoms with Gasteiger partial charge in [0.2, 0.25) is 5.52 Å². The summed E-state index contributed by atoms with van der Waals surface area (Å²) in [7, 11) is 3.27. The van der Waals surface area contributed by atoms with Crippen LogP contribution in [0.4, 0.5) is 17.1 Å². The van der Waals surface area contributed by atoms with E-state index in [-0.39, 0.29) is 11.2 Å². The molecule has 1 aliphatic heterocycles. The van der Waals surface area contributed by atoms with Gasteiger partial charge in [0.1, 0.15) is 5.69 Å². The third-order valence-corrected chi connectivity index (χ3v) is 5.25. The smallest absolute Gasteiger partial charge is 0.323 e. The van der Waals surface area contributed by atoms with Gasteiger partial charge in [0.05, 0.1) is 23.8 Å². The van der Waals surface area contributed by atoms with Crippen molar-refractivity contribution in [2.45, 2.75) is 19.8 Å². The Morgan fingerprint density at radius 2 is 1.82 bits per heavy atom. The average Bonchev–Trinajstić information content (AvgIpc) is 3.17. The molecular formula is C18H27N5O5. The molecule has 2 aromatic rings. The topological polar surface area (TPSA) is 107 Å². The van der Waals surface area contributed by atoms with E-state index < -0.39 is 4.92 Å². The summed E-state index contributed by atoms with van der Waals surface area (Å²) in [6.07, 6.45) is 2.00. The quantitative estimate of drug-likeness (QED) is 0.469. The summed E-state index contributed by atoms with van der Waals surface area (Å²) in [6, 6.07) is 1.84. The maximum absolute atomic E-state index is 11.9. The number of hydrogen-bond donors (Lipinski definition) is 0. The lowest BCUT2D eigenvalue weighted by Gasteiger charge is -2.33. The number of nitro groups is 1. The Labute approximate surface area is 163 Å². The molecule has 1 fully saturated rings. The van der Waals surface area contributed by atoms with Crippen molar-refractivity contribution in [3.05, 3.63) is 16.2 Å². The van der Waals surface area contributed by atoms with Gasteiger partial charge in [-0.25, -0.2) is 4.63 Å². The highest BCUT2D eigenvalue weighted by molar-refractivity contribution is 6.00. The van der Waals surface area contributed by atoms with Gasteiger partial charge in [-0.05, 0) is 35.1 Å². The molecule has 0 saturated carbocycles. The van der Waals surface area contributed by atoms with Crippen molar-refractivity contribution in [2.24, 2.45) is 5.92 Å². The Morgan fingerprint density at radius 3 is 2.39 bits per heavy atom. The molecule has 1 saturated heterocycles. The Kier molecular flexibility index (Phi) is 6.63. The summed E-state index contributed by atoms with van der Waals surface area (Å²) in [6.45, 7) is 5.95. The van der Waals surface area contributed by atoms with E-state index in [9.17, 15) is 10.1 Å². The van der Waals surface area contributed by atoms with Crippen molar-refractivity contribution < 1.29 is 19.0 Å². The first-order valence-corrected chi connectivity index (χ1v) is 9.48. The van der Waals surface area contributed by atoms with Crippen molar-refractivity contribution in [2.75, 3.05) is 63.4 Å². The van der Waals surface area contributed by atoms with Crippen LogP contribution in [0.1, 0.15) is 19.8 Å². The van der Waals surface area contributed by atoms with Crippen LogP contribution in [0.2, 0.25) is 0 Å². The minimum Gasteiger partial charge on any atom is -0.383 e. The number of rotatable bonds is 9. The molecule has 2 heterocycles. The summed E-state index contributed by atoms with van der Waals surface area (Å²) >= 11 is 0. The van der Waals surface area contributed by atoms with Crippen molar-refractivity contribution in [1.29, 1.82) is 0 Å². The fourth-order valence-electron chi connectivity index (χ4n) is 3.57. The van der Waals surface area contributed by atoms with Gasteiger partial charge >= 0.3 is 5.69 Å². The molecule has 3 rings (SSSR count). The molecule has 10 nitrogen and oxygen atoms in total. The molecule has 1 aromatic heterocycles. The van der Waals surface area contributed by atoms with Crippen molar-refractivity contribution in [3.8, 4) is 0 Å². The van der Waals surface area contributed by atoms with Crippen LogP contribution in [0.3, 0.4) is 0 Å². The van der Waals surface area contributed by atoms with Crippen molar-refractivity contribution in [3.63, 3.8) is 0 Å². The summed E-state index contributed by atoms with van der Waals surface area (Å²) in [4.78, 5) is 15.6.